The normalized spacial score (nSPS) is 24.2. The lowest BCUT2D eigenvalue weighted by Crippen LogP contribution is -2.33. The Balaban J connectivity index is 0.00000243. The van der Waals surface area contributed by atoms with E-state index in [9.17, 15) is 4.79 Å². The van der Waals surface area contributed by atoms with Crippen LogP contribution in [0.5, 0.6) is 11.5 Å². The fourth-order valence-corrected chi connectivity index (χ4v) is 4.22. The van der Waals surface area contributed by atoms with E-state index in [-0.39, 0.29) is 24.4 Å². The van der Waals surface area contributed by atoms with E-state index < -0.39 is 0 Å². The number of hydrogen-bond donors (Lipinski definition) is 1. The molecule has 1 aromatic rings. The number of likely N-dealkylation sites (tertiary alicyclic amines) is 1. The van der Waals surface area contributed by atoms with E-state index in [2.05, 4.69) is 6.92 Å². The molecule has 146 valence electrons. The molecule has 1 amide bonds. The molecule has 1 saturated heterocycles. The van der Waals surface area contributed by atoms with E-state index >= 15 is 0 Å². The molecule has 0 aromatic heterocycles. The van der Waals surface area contributed by atoms with E-state index in [1.54, 1.807) is 19.2 Å². The number of ether oxygens (including phenoxy) is 2. The molecule has 0 spiro atoms. The summed E-state index contributed by atoms with van der Waals surface area (Å²) in [5.41, 5.74) is 6.71. The number of nitrogens with zero attached hydrogens (tertiary/aromatic N) is 1. The summed E-state index contributed by atoms with van der Waals surface area (Å²) in [6.07, 6.45) is 4.16. The van der Waals surface area contributed by atoms with Gasteiger partial charge >= 0.3 is 0 Å². The zero-order chi connectivity index (χ0) is 18.0. The lowest BCUT2D eigenvalue weighted by molar-refractivity contribution is 0.0779. The maximum atomic E-state index is 12.9. The number of unbranched alkanes of at least 4 members (excludes halogenated alkanes) is 1. The fourth-order valence-electron chi connectivity index (χ4n) is 3.96. The van der Waals surface area contributed by atoms with Crippen LogP contribution >= 0.6 is 24.0 Å². The molecule has 1 aliphatic carbocycles. The molecule has 7 heteroatoms. The minimum Gasteiger partial charge on any atom is -0.493 e. The lowest BCUT2D eigenvalue weighted by atomic mass is 9.98. The minimum atomic E-state index is -0.0121. The van der Waals surface area contributed by atoms with Crippen LogP contribution in [0.4, 0.5) is 0 Å². The Hall–Kier alpha value is -1.17. The third-order valence-corrected chi connectivity index (χ3v) is 5.70. The SMILES string of the molecule is CCCCOc1c(Cl)cc(C(=O)N2CC3CCC(N)C3C2)cc1OC.Cl. The van der Waals surface area contributed by atoms with Crippen molar-refractivity contribution in [1.29, 1.82) is 0 Å². The Morgan fingerprint density at radius 1 is 1.35 bits per heavy atom. The molecule has 5 nitrogen and oxygen atoms in total. The summed E-state index contributed by atoms with van der Waals surface area (Å²) >= 11 is 6.37. The summed E-state index contributed by atoms with van der Waals surface area (Å²) in [5, 5.41) is 0.412. The summed E-state index contributed by atoms with van der Waals surface area (Å²) in [6, 6.07) is 3.63. The number of rotatable bonds is 6. The summed E-state index contributed by atoms with van der Waals surface area (Å²) in [6.45, 7) is 4.19. The zero-order valence-corrected chi connectivity index (χ0v) is 16.9. The van der Waals surface area contributed by atoms with Gasteiger partial charge in [0.15, 0.2) is 11.5 Å². The van der Waals surface area contributed by atoms with Gasteiger partial charge in [0.05, 0.1) is 18.7 Å². The Bertz CT molecular complexity index is 641. The van der Waals surface area contributed by atoms with Crippen LogP contribution in [-0.2, 0) is 0 Å². The van der Waals surface area contributed by atoms with Crippen molar-refractivity contribution in [2.75, 3.05) is 26.8 Å². The highest BCUT2D eigenvalue weighted by atomic mass is 35.5. The first-order valence-electron chi connectivity index (χ1n) is 9.10. The molecule has 1 saturated carbocycles. The summed E-state index contributed by atoms with van der Waals surface area (Å²) in [5.74, 6) is 1.96. The van der Waals surface area contributed by atoms with E-state index in [0.717, 1.165) is 38.8 Å². The van der Waals surface area contributed by atoms with Gasteiger partial charge in [-0.15, -0.1) is 12.4 Å². The minimum absolute atomic E-state index is 0. The van der Waals surface area contributed by atoms with Gasteiger partial charge in [0.1, 0.15) is 0 Å². The molecular formula is C19H28Cl2N2O3. The fraction of sp³-hybridized carbons (Fsp3) is 0.632. The predicted molar refractivity (Wildman–Crippen MR) is 106 cm³/mol. The third-order valence-electron chi connectivity index (χ3n) is 5.42. The average Bonchev–Trinajstić information content (AvgIpc) is 3.17. The van der Waals surface area contributed by atoms with Crippen molar-refractivity contribution in [2.45, 2.75) is 38.6 Å². The largest absolute Gasteiger partial charge is 0.493 e. The molecule has 2 N–H and O–H groups in total. The Morgan fingerprint density at radius 2 is 2.12 bits per heavy atom. The first kappa shape index (κ1) is 21.1. The molecule has 0 bridgehead atoms. The van der Waals surface area contributed by atoms with Crippen molar-refractivity contribution in [3.63, 3.8) is 0 Å². The zero-order valence-electron chi connectivity index (χ0n) is 15.4. The molecule has 0 radical (unpaired) electrons. The highest BCUT2D eigenvalue weighted by molar-refractivity contribution is 6.32. The number of halogens is 2. The maximum Gasteiger partial charge on any atom is 0.254 e. The highest BCUT2D eigenvalue weighted by Crippen LogP contribution is 2.40. The van der Waals surface area contributed by atoms with Crippen LogP contribution in [0.15, 0.2) is 12.1 Å². The van der Waals surface area contributed by atoms with E-state index in [1.807, 2.05) is 4.90 Å². The van der Waals surface area contributed by atoms with Gasteiger partial charge in [-0.25, -0.2) is 0 Å². The molecular weight excluding hydrogens is 375 g/mol. The van der Waals surface area contributed by atoms with Crippen molar-refractivity contribution < 1.29 is 14.3 Å². The smallest absolute Gasteiger partial charge is 0.254 e. The Kier molecular flexibility index (Phi) is 7.44. The number of hydrogen-bond acceptors (Lipinski definition) is 4. The standard InChI is InChI=1S/C19H27ClN2O3.ClH/c1-3-4-7-25-18-15(20)8-13(9-17(18)24-2)19(23)22-10-12-5-6-16(21)14(12)11-22;/h8-9,12,14,16H,3-7,10-11,21H2,1-2H3;1H. The van der Waals surface area contributed by atoms with Gasteiger partial charge < -0.3 is 20.1 Å². The molecule has 2 fully saturated rings. The summed E-state index contributed by atoms with van der Waals surface area (Å²) in [7, 11) is 1.56. The van der Waals surface area contributed by atoms with Gasteiger partial charge in [0.25, 0.3) is 5.91 Å². The Labute approximate surface area is 166 Å². The van der Waals surface area contributed by atoms with E-state index in [0.29, 0.717) is 40.5 Å². The quantitative estimate of drug-likeness (QED) is 0.735. The number of methoxy groups -OCH3 is 1. The molecule has 26 heavy (non-hydrogen) atoms. The topological polar surface area (TPSA) is 64.8 Å². The van der Waals surface area contributed by atoms with Crippen molar-refractivity contribution in [2.24, 2.45) is 17.6 Å². The number of carbonyl (C=O) groups excluding carboxylic acids is 1. The predicted octanol–water partition coefficient (Wildman–Crippen LogP) is 3.76. The first-order valence-corrected chi connectivity index (χ1v) is 9.48. The average molecular weight is 403 g/mol. The van der Waals surface area contributed by atoms with Gasteiger partial charge in [0, 0.05) is 24.7 Å². The second-order valence-corrected chi connectivity index (χ2v) is 7.47. The van der Waals surface area contributed by atoms with Crippen LogP contribution < -0.4 is 15.2 Å². The molecule has 3 unspecified atom stereocenters. The Morgan fingerprint density at radius 3 is 2.77 bits per heavy atom. The van der Waals surface area contributed by atoms with Crippen molar-refractivity contribution in [3.8, 4) is 11.5 Å². The monoisotopic (exact) mass is 402 g/mol. The van der Waals surface area contributed by atoms with E-state index in [4.69, 9.17) is 26.8 Å². The van der Waals surface area contributed by atoms with Crippen molar-refractivity contribution in [3.05, 3.63) is 22.7 Å². The summed E-state index contributed by atoms with van der Waals surface area (Å²) < 4.78 is 11.1. The van der Waals surface area contributed by atoms with Gasteiger partial charge in [0.2, 0.25) is 0 Å². The molecule has 2 aliphatic rings. The van der Waals surface area contributed by atoms with Crippen molar-refractivity contribution in [1.82, 2.24) is 4.90 Å². The van der Waals surface area contributed by atoms with Crippen LogP contribution in [0, 0.1) is 11.8 Å². The number of nitrogens with two attached hydrogens (primary N) is 1. The lowest BCUT2D eigenvalue weighted by Gasteiger charge is -2.20. The number of carbonyl (C=O) groups is 1. The van der Waals surface area contributed by atoms with Crippen LogP contribution in [-0.4, -0.2) is 43.7 Å². The molecule has 1 aromatic carbocycles. The number of benzene rings is 1. The molecule has 3 atom stereocenters. The number of fused-ring (bicyclic) bond motifs is 1. The third kappa shape index (κ3) is 4.21. The first-order chi connectivity index (χ1) is 12.0. The van der Waals surface area contributed by atoms with Gasteiger partial charge in [-0.05, 0) is 43.2 Å². The van der Waals surface area contributed by atoms with Crippen LogP contribution in [0.3, 0.4) is 0 Å². The van der Waals surface area contributed by atoms with Crippen LogP contribution in [0.25, 0.3) is 0 Å². The second-order valence-electron chi connectivity index (χ2n) is 7.07. The van der Waals surface area contributed by atoms with E-state index in [1.165, 1.54) is 0 Å². The molecule has 1 aliphatic heterocycles. The number of amides is 1. The van der Waals surface area contributed by atoms with Gasteiger partial charge in [-0.2, -0.15) is 0 Å². The molecule has 3 rings (SSSR count). The van der Waals surface area contributed by atoms with Gasteiger partial charge in [-0.1, -0.05) is 24.9 Å². The highest BCUT2D eigenvalue weighted by Gasteiger charge is 2.42. The molecule has 1 heterocycles. The van der Waals surface area contributed by atoms with Gasteiger partial charge in [-0.3, -0.25) is 4.79 Å². The van der Waals surface area contributed by atoms with Crippen molar-refractivity contribution >= 4 is 29.9 Å². The van der Waals surface area contributed by atoms with Crippen LogP contribution in [0.1, 0.15) is 43.0 Å². The van der Waals surface area contributed by atoms with Crippen LogP contribution in [0.2, 0.25) is 5.02 Å². The summed E-state index contributed by atoms with van der Waals surface area (Å²) in [4.78, 5) is 14.8. The maximum absolute atomic E-state index is 12.9. The second kappa shape index (κ2) is 9.16.